The van der Waals surface area contributed by atoms with Gasteiger partial charge in [-0.3, -0.25) is 0 Å². The summed E-state index contributed by atoms with van der Waals surface area (Å²) in [7, 11) is 1.79. The molecule has 0 bridgehead atoms. The molecule has 2 aliphatic rings. The summed E-state index contributed by atoms with van der Waals surface area (Å²) < 4.78 is 5.37. The Morgan fingerprint density at radius 1 is 1.06 bits per heavy atom. The van der Waals surface area contributed by atoms with Crippen molar-refractivity contribution in [2.24, 2.45) is 5.92 Å². The largest absolute Gasteiger partial charge is 0.384 e. The highest BCUT2D eigenvalue weighted by atomic mass is 16.5. The molecule has 2 aliphatic carbocycles. The van der Waals surface area contributed by atoms with Crippen LogP contribution in [0.15, 0.2) is 48.6 Å². The molecule has 0 heterocycles. The molecule has 0 aromatic heterocycles. The lowest BCUT2D eigenvalue weighted by molar-refractivity contribution is 0.167. The van der Waals surface area contributed by atoms with Crippen LogP contribution in [0.1, 0.15) is 23.0 Å². The van der Waals surface area contributed by atoms with Gasteiger partial charge in [0.2, 0.25) is 0 Å². The second-order valence-electron chi connectivity index (χ2n) is 4.56. The Bertz CT molecular complexity index is 445. The fourth-order valence-corrected chi connectivity index (χ4v) is 3.06. The van der Waals surface area contributed by atoms with Crippen LogP contribution >= 0.6 is 0 Å². The Hall–Kier alpha value is -1.34. The van der Waals surface area contributed by atoms with Crippen molar-refractivity contribution in [3.05, 3.63) is 59.7 Å². The van der Waals surface area contributed by atoms with Crippen molar-refractivity contribution in [2.75, 3.05) is 13.7 Å². The van der Waals surface area contributed by atoms with Gasteiger partial charge in [-0.25, -0.2) is 0 Å². The number of rotatable bonds is 2. The molecule has 0 saturated heterocycles. The summed E-state index contributed by atoms with van der Waals surface area (Å²) in [6.07, 6.45) is 8.97. The van der Waals surface area contributed by atoms with Crippen LogP contribution in [0.4, 0.5) is 0 Å². The van der Waals surface area contributed by atoms with E-state index in [9.17, 15) is 0 Å². The molecule has 3 unspecified atom stereocenters. The molecule has 0 spiro atoms. The van der Waals surface area contributed by atoms with E-state index in [0.29, 0.717) is 17.8 Å². The van der Waals surface area contributed by atoms with Gasteiger partial charge in [0.25, 0.3) is 0 Å². The maximum atomic E-state index is 5.37. The minimum Gasteiger partial charge on any atom is -0.384 e. The second kappa shape index (κ2) is 3.91. The van der Waals surface area contributed by atoms with Gasteiger partial charge in [-0.15, -0.1) is 0 Å². The predicted molar refractivity (Wildman–Crippen MR) is 65.6 cm³/mol. The van der Waals surface area contributed by atoms with Crippen LogP contribution in [0.3, 0.4) is 0 Å². The molecule has 1 heteroatoms. The van der Waals surface area contributed by atoms with Crippen LogP contribution in [0.5, 0.6) is 0 Å². The number of allylic oxidation sites excluding steroid dienone is 4. The predicted octanol–water partition coefficient (Wildman–Crippen LogP) is 3.26. The molecule has 1 aromatic carbocycles. The molecule has 0 saturated carbocycles. The van der Waals surface area contributed by atoms with Gasteiger partial charge in [0.1, 0.15) is 0 Å². The summed E-state index contributed by atoms with van der Waals surface area (Å²) in [6, 6.07) is 8.77. The first-order valence-corrected chi connectivity index (χ1v) is 5.84. The quantitative estimate of drug-likeness (QED) is 0.731. The SMILES string of the molecule is COCC1c2ccccc2C2C=CC=CC21. The fraction of sp³-hybridized carbons (Fsp3) is 0.333. The summed E-state index contributed by atoms with van der Waals surface area (Å²) >= 11 is 0. The number of ether oxygens (including phenoxy) is 1. The van der Waals surface area contributed by atoms with E-state index >= 15 is 0 Å². The Labute approximate surface area is 96.4 Å². The lowest BCUT2D eigenvalue weighted by atomic mass is 9.84. The zero-order valence-electron chi connectivity index (χ0n) is 9.47. The average molecular weight is 212 g/mol. The molecular formula is C15H16O. The molecule has 3 atom stereocenters. The number of benzene rings is 1. The third-order valence-electron chi connectivity index (χ3n) is 3.74. The smallest absolute Gasteiger partial charge is 0.0537 e. The van der Waals surface area contributed by atoms with Gasteiger partial charge >= 0.3 is 0 Å². The highest BCUT2D eigenvalue weighted by Crippen LogP contribution is 2.49. The minimum absolute atomic E-state index is 0.521. The maximum Gasteiger partial charge on any atom is 0.0537 e. The van der Waals surface area contributed by atoms with E-state index in [0.717, 1.165) is 6.61 Å². The van der Waals surface area contributed by atoms with E-state index in [1.807, 2.05) is 0 Å². The van der Waals surface area contributed by atoms with E-state index in [1.165, 1.54) is 11.1 Å². The monoisotopic (exact) mass is 212 g/mol. The number of methoxy groups -OCH3 is 1. The van der Waals surface area contributed by atoms with E-state index in [1.54, 1.807) is 7.11 Å². The molecule has 0 amide bonds. The average Bonchev–Trinajstić information content (AvgIpc) is 2.66. The normalized spacial score (nSPS) is 30.2. The van der Waals surface area contributed by atoms with Crippen LogP contribution in [0.2, 0.25) is 0 Å². The third-order valence-corrected chi connectivity index (χ3v) is 3.74. The molecule has 3 rings (SSSR count). The standard InChI is InChI=1S/C15H16O/c1-16-10-15-13-8-4-2-6-11(13)12-7-3-5-9-14(12)15/h2-9,11,13,15H,10H2,1H3. The van der Waals surface area contributed by atoms with Crippen LogP contribution in [-0.4, -0.2) is 13.7 Å². The molecule has 0 radical (unpaired) electrons. The molecule has 1 nitrogen and oxygen atoms in total. The molecule has 82 valence electrons. The Balaban J connectivity index is 2.07. The van der Waals surface area contributed by atoms with Gasteiger partial charge in [0.05, 0.1) is 6.61 Å². The summed E-state index contributed by atoms with van der Waals surface area (Å²) in [6.45, 7) is 0.816. The zero-order valence-corrected chi connectivity index (χ0v) is 9.47. The minimum atomic E-state index is 0.521. The second-order valence-corrected chi connectivity index (χ2v) is 4.56. The first-order chi connectivity index (χ1) is 7.92. The van der Waals surface area contributed by atoms with Crippen molar-refractivity contribution in [3.63, 3.8) is 0 Å². The number of hydrogen-bond donors (Lipinski definition) is 0. The van der Waals surface area contributed by atoms with E-state index in [4.69, 9.17) is 4.74 Å². The van der Waals surface area contributed by atoms with Gasteiger partial charge in [0.15, 0.2) is 0 Å². The molecule has 0 fully saturated rings. The molecule has 0 aliphatic heterocycles. The van der Waals surface area contributed by atoms with Crippen LogP contribution in [0, 0.1) is 5.92 Å². The van der Waals surface area contributed by atoms with Crippen molar-refractivity contribution < 1.29 is 4.74 Å². The topological polar surface area (TPSA) is 9.23 Å². The Morgan fingerprint density at radius 2 is 1.81 bits per heavy atom. The summed E-state index contributed by atoms with van der Waals surface area (Å²) in [5.41, 5.74) is 2.95. The first kappa shape index (κ1) is 9.86. The van der Waals surface area contributed by atoms with Crippen molar-refractivity contribution in [1.82, 2.24) is 0 Å². The fourth-order valence-electron chi connectivity index (χ4n) is 3.06. The van der Waals surface area contributed by atoms with Gasteiger partial charge in [0, 0.05) is 18.9 Å². The third kappa shape index (κ3) is 1.35. The molecule has 16 heavy (non-hydrogen) atoms. The highest BCUT2D eigenvalue weighted by molar-refractivity contribution is 5.46. The number of fused-ring (bicyclic) bond motifs is 3. The summed E-state index contributed by atoms with van der Waals surface area (Å²) in [4.78, 5) is 0. The zero-order chi connectivity index (χ0) is 11.0. The van der Waals surface area contributed by atoms with Crippen molar-refractivity contribution >= 4 is 0 Å². The van der Waals surface area contributed by atoms with E-state index in [-0.39, 0.29) is 0 Å². The van der Waals surface area contributed by atoms with E-state index < -0.39 is 0 Å². The van der Waals surface area contributed by atoms with Crippen LogP contribution < -0.4 is 0 Å². The molecule has 1 aromatic rings. The van der Waals surface area contributed by atoms with Gasteiger partial charge < -0.3 is 4.74 Å². The van der Waals surface area contributed by atoms with Crippen molar-refractivity contribution in [1.29, 1.82) is 0 Å². The summed E-state index contributed by atoms with van der Waals surface area (Å²) in [5.74, 6) is 1.66. The van der Waals surface area contributed by atoms with Gasteiger partial charge in [-0.2, -0.15) is 0 Å². The first-order valence-electron chi connectivity index (χ1n) is 5.84. The van der Waals surface area contributed by atoms with Crippen LogP contribution in [-0.2, 0) is 4.74 Å². The van der Waals surface area contributed by atoms with Gasteiger partial charge in [-0.05, 0) is 17.0 Å². The molecule has 0 N–H and O–H groups in total. The lowest BCUT2D eigenvalue weighted by Crippen LogP contribution is -2.14. The maximum absolute atomic E-state index is 5.37. The van der Waals surface area contributed by atoms with Crippen molar-refractivity contribution in [2.45, 2.75) is 11.8 Å². The van der Waals surface area contributed by atoms with Gasteiger partial charge in [-0.1, -0.05) is 48.6 Å². The molecular weight excluding hydrogens is 196 g/mol. The highest BCUT2D eigenvalue weighted by Gasteiger charge is 2.38. The lowest BCUT2D eigenvalue weighted by Gasteiger charge is -2.21. The number of hydrogen-bond acceptors (Lipinski definition) is 1. The van der Waals surface area contributed by atoms with Crippen LogP contribution in [0.25, 0.3) is 0 Å². The van der Waals surface area contributed by atoms with Crippen molar-refractivity contribution in [3.8, 4) is 0 Å². The Morgan fingerprint density at radius 3 is 2.62 bits per heavy atom. The van der Waals surface area contributed by atoms with E-state index in [2.05, 4.69) is 48.6 Å². The summed E-state index contributed by atoms with van der Waals surface area (Å²) in [5, 5.41) is 0. The Kier molecular flexibility index (Phi) is 2.41.